The molecule has 4 atom stereocenters. The Balaban J connectivity index is 1.46. The Kier molecular flexibility index (Phi) is 6.38. The van der Waals surface area contributed by atoms with Crippen molar-refractivity contribution >= 4 is 17.3 Å². The molecule has 1 aliphatic carbocycles. The van der Waals surface area contributed by atoms with Gasteiger partial charge in [-0.05, 0) is 50.3 Å². The predicted molar refractivity (Wildman–Crippen MR) is 130 cm³/mol. The summed E-state index contributed by atoms with van der Waals surface area (Å²) in [6.07, 6.45) is 4.07. The molecule has 0 spiro atoms. The van der Waals surface area contributed by atoms with Crippen LogP contribution in [0.4, 0.5) is 24.5 Å². The lowest BCUT2D eigenvalue weighted by atomic mass is 9.80. The maximum Gasteiger partial charge on any atom is 0.276 e. The van der Waals surface area contributed by atoms with E-state index in [0.717, 1.165) is 37.1 Å². The number of hydrogen-bond acceptors (Lipinski definition) is 7. The molecule has 37 heavy (non-hydrogen) atoms. The Morgan fingerprint density at radius 1 is 1.19 bits per heavy atom. The van der Waals surface area contributed by atoms with Crippen molar-refractivity contribution in [1.29, 1.82) is 0 Å². The van der Waals surface area contributed by atoms with Crippen LogP contribution in [0.3, 0.4) is 0 Å². The van der Waals surface area contributed by atoms with Crippen molar-refractivity contribution in [1.82, 2.24) is 9.97 Å². The number of anilines is 2. The lowest BCUT2D eigenvalue weighted by Gasteiger charge is -2.45. The number of aliphatic hydroxyl groups is 1. The van der Waals surface area contributed by atoms with E-state index in [-0.39, 0.29) is 23.7 Å². The van der Waals surface area contributed by atoms with E-state index >= 15 is 0 Å². The molecule has 0 unspecified atom stereocenters. The van der Waals surface area contributed by atoms with Crippen LogP contribution in [0.5, 0.6) is 0 Å². The summed E-state index contributed by atoms with van der Waals surface area (Å²) >= 11 is 0. The molecule has 3 aromatic rings. The Morgan fingerprint density at radius 2 is 1.89 bits per heavy atom. The standard InChI is InChI=1S/C26H26F3N5O3/c1-26(36)20(31)10-19(37-24(26)12-5-6-12)13-7-8-32-11-18(13)33-25(35)23-17(30)9-16(29)22(34-23)21-14(27)3-2-4-15(21)28/h2-4,7-9,11-12,19-20,24,36H,5-6,10,30-31H2,1H3,(H,33,35)/t19-,20-,24-,26+/m1/s1. The highest BCUT2D eigenvalue weighted by Crippen LogP contribution is 2.47. The van der Waals surface area contributed by atoms with Gasteiger partial charge < -0.3 is 26.6 Å². The van der Waals surface area contributed by atoms with Gasteiger partial charge >= 0.3 is 0 Å². The van der Waals surface area contributed by atoms with Crippen LogP contribution in [-0.2, 0) is 4.74 Å². The fourth-order valence-electron chi connectivity index (χ4n) is 4.79. The molecule has 5 rings (SSSR count). The molecule has 3 heterocycles. The van der Waals surface area contributed by atoms with Gasteiger partial charge in [0.1, 0.15) is 22.9 Å². The van der Waals surface area contributed by atoms with Crippen molar-refractivity contribution in [2.24, 2.45) is 11.7 Å². The van der Waals surface area contributed by atoms with Crippen molar-refractivity contribution in [3.63, 3.8) is 0 Å². The molecule has 2 aromatic heterocycles. The smallest absolute Gasteiger partial charge is 0.276 e. The van der Waals surface area contributed by atoms with Gasteiger partial charge in [-0.25, -0.2) is 18.2 Å². The van der Waals surface area contributed by atoms with Crippen LogP contribution in [0, 0.1) is 23.4 Å². The minimum absolute atomic E-state index is 0.198. The Bertz CT molecular complexity index is 1350. The summed E-state index contributed by atoms with van der Waals surface area (Å²) < 4.78 is 49.5. The molecule has 1 aliphatic heterocycles. The van der Waals surface area contributed by atoms with Crippen LogP contribution >= 0.6 is 0 Å². The molecule has 1 aromatic carbocycles. The van der Waals surface area contributed by atoms with E-state index in [1.807, 2.05) is 0 Å². The van der Waals surface area contributed by atoms with Crippen LogP contribution in [0.1, 0.15) is 48.3 Å². The van der Waals surface area contributed by atoms with Gasteiger partial charge in [0.2, 0.25) is 0 Å². The number of nitrogen functional groups attached to an aromatic ring is 1. The van der Waals surface area contributed by atoms with E-state index in [2.05, 4.69) is 15.3 Å². The van der Waals surface area contributed by atoms with Crippen LogP contribution in [-0.4, -0.2) is 38.7 Å². The average molecular weight is 514 g/mol. The average Bonchev–Trinajstić information content (AvgIpc) is 3.67. The topological polar surface area (TPSA) is 136 Å². The van der Waals surface area contributed by atoms with Crippen LogP contribution < -0.4 is 16.8 Å². The highest BCUT2D eigenvalue weighted by atomic mass is 19.1. The zero-order chi connectivity index (χ0) is 26.5. The summed E-state index contributed by atoms with van der Waals surface area (Å²) in [6.45, 7) is 1.67. The first-order valence-electron chi connectivity index (χ1n) is 11.9. The quantitative estimate of drug-likeness (QED) is 0.408. The SMILES string of the molecule is C[C@]1(O)[C@H](N)C[C@H](c2ccncc2NC(=O)c2nc(-c3c(F)cccc3F)c(F)cc2N)O[C@@H]1C1CC1. The van der Waals surface area contributed by atoms with Crippen molar-refractivity contribution in [2.45, 2.75) is 50.0 Å². The van der Waals surface area contributed by atoms with E-state index < -0.39 is 64.2 Å². The molecule has 2 aliphatic rings. The number of nitrogens with two attached hydrogens (primary N) is 2. The van der Waals surface area contributed by atoms with E-state index in [9.17, 15) is 23.1 Å². The second kappa shape index (κ2) is 9.40. The van der Waals surface area contributed by atoms with E-state index in [0.29, 0.717) is 5.56 Å². The number of halogens is 3. The highest BCUT2D eigenvalue weighted by molar-refractivity contribution is 6.06. The Morgan fingerprint density at radius 3 is 2.57 bits per heavy atom. The fraction of sp³-hybridized carbons (Fsp3) is 0.346. The summed E-state index contributed by atoms with van der Waals surface area (Å²) in [6, 6.07) is 4.93. The molecule has 1 saturated heterocycles. The molecule has 6 N–H and O–H groups in total. The molecule has 2 fully saturated rings. The predicted octanol–water partition coefficient (Wildman–Crippen LogP) is 3.71. The highest BCUT2D eigenvalue weighted by Gasteiger charge is 2.52. The first-order chi connectivity index (χ1) is 17.6. The lowest BCUT2D eigenvalue weighted by Crippen LogP contribution is -2.60. The van der Waals surface area contributed by atoms with Gasteiger partial charge in [0, 0.05) is 23.9 Å². The summed E-state index contributed by atoms with van der Waals surface area (Å²) in [5, 5.41) is 13.6. The largest absolute Gasteiger partial charge is 0.397 e. The van der Waals surface area contributed by atoms with E-state index in [1.54, 1.807) is 13.0 Å². The number of aromatic nitrogens is 2. The summed E-state index contributed by atoms with van der Waals surface area (Å²) in [7, 11) is 0. The maximum absolute atomic E-state index is 14.6. The normalized spacial score (nSPS) is 25.6. The fourth-order valence-corrected chi connectivity index (χ4v) is 4.79. The molecule has 0 radical (unpaired) electrons. The Hall–Kier alpha value is -3.54. The van der Waals surface area contributed by atoms with Gasteiger partial charge in [0.15, 0.2) is 11.5 Å². The van der Waals surface area contributed by atoms with Gasteiger partial charge in [-0.3, -0.25) is 9.78 Å². The summed E-state index contributed by atoms with van der Waals surface area (Å²) in [5.74, 6) is -3.80. The molecular formula is C26H26F3N5O3. The summed E-state index contributed by atoms with van der Waals surface area (Å²) in [5.41, 5.74) is 9.67. The molecule has 8 nitrogen and oxygen atoms in total. The molecular weight excluding hydrogens is 487 g/mol. The van der Waals surface area contributed by atoms with Crippen LogP contribution in [0.25, 0.3) is 11.3 Å². The van der Waals surface area contributed by atoms with Gasteiger partial charge in [0.25, 0.3) is 5.91 Å². The number of rotatable bonds is 5. The number of amides is 1. The van der Waals surface area contributed by atoms with Gasteiger partial charge in [0.05, 0.1) is 35.3 Å². The monoisotopic (exact) mass is 513 g/mol. The second-order valence-electron chi connectivity index (χ2n) is 9.72. The number of nitrogens with one attached hydrogen (secondary N) is 1. The molecule has 0 bridgehead atoms. The zero-order valence-electron chi connectivity index (χ0n) is 19.9. The molecule has 11 heteroatoms. The first-order valence-corrected chi connectivity index (χ1v) is 11.9. The number of pyridine rings is 2. The third-order valence-corrected chi connectivity index (χ3v) is 7.03. The number of carbonyl (C=O) groups excluding carboxylic acids is 1. The third kappa shape index (κ3) is 4.65. The number of nitrogens with zero attached hydrogens (tertiary/aromatic N) is 2. The molecule has 1 amide bonds. The number of hydrogen-bond donors (Lipinski definition) is 4. The maximum atomic E-state index is 14.6. The number of benzene rings is 1. The summed E-state index contributed by atoms with van der Waals surface area (Å²) in [4.78, 5) is 21.1. The number of carbonyl (C=O) groups is 1. The van der Waals surface area contributed by atoms with Crippen molar-refractivity contribution in [2.75, 3.05) is 11.1 Å². The number of ether oxygens (including phenoxy) is 1. The Labute approximate surface area is 210 Å². The minimum atomic E-state index is -1.20. The third-order valence-electron chi connectivity index (χ3n) is 7.03. The van der Waals surface area contributed by atoms with Gasteiger partial charge in [-0.1, -0.05) is 6.07 Å². The molecule has 1 saturated carbocycles. The van der Waals surface area contributed by atoms with Crippen LogP contribution in [0.2, 0.25) is 0 Å². The van der Waals surface area contributed by atoms with Crippen molar-refractivity contribution in [3.05, 3.63) is 71.4 Å². The van der Waals surface area contributed by atoms with Gasteiger partial charge in [-0.2, -0.15) is 0 Å². The zero-order valence-corrected chi connectivity index (χ0v) is 19.9. The van der Waals surface area contributed by atoms with E-state index in [1.165, 1.54) is 12.4 Å². The van der Waals surface area contributed by atoms with Gasteiger partial charge in [-0.15, -0.1) is 0 Å². The lowest BCUT2D eigenvalue weighted by molar-refractivity contribution is -0.186. The van der Waals surface area contributed by atoms with Crippen molar-refractivity contribution in [3.8, 4) is 11.3 Å². The van der Waals surface area contributed by atoms with Crippen molar-refractivity contribution < 1.29 is 27.8 Å². The minimum Gasteiger partial charge on any atom is -0.397 e. The first kappa shape index (κ1) is 25.1. The second-order valence-corrected chi connectivity index (χ2v) is 9.72. The van der Waals surface area contributed by atoms with E-state index in [4.69, 9.17) is 16.2 Å². The van der Waals surface area contributed by atoms with Crippen LogP contribution in [0.15, 0.2) is 42.7 Å². The molecule has 194 valence electrons.